The van der Waals surface area contributed by atoms with Crippen molar-refractivity contribution in [3.63, 3.8) is 0 Å². The first-order valence-electron chi connectivity index (χ1n) is 7.72. The number of hydrogen-bond acceptors (Lipinski definition) is 6. The zero-order valence-corrected chi connectivity index (χ0v) is 15.7. The standard InChI is InChI=1S/C18H16ClN3O3S/c1-11-7-8-15(24-2)14(9-11)20-16(23)10-26-18-22-21-17(25-18)12-5-3-4-6-13(12)19/h3-9H,10H2,1-2H3,(H,20,23). The van der Waals surface area contributed by atoms with Gasteiger partial charge in [0.15, 0.2) is 0 Å². The molecule has 3 rings (SSSR count). The lowest BCUT2D eigenvalue weighted by molar-refractivity contribution is -0.113. The van der Waals surface area contributed by atoms with Crippen LogP contribution in [-0.2, 0) is 4.79 Å². The van der Waals surface area contributed by atoms with Crippen LogP contribution in [0.3, 0.4) is 0 Å². The molecule has 1 N–H and O–H groups in total. The van der Waals surface area contributed by atoms with Gasteiger partial charge in [-0.3, -0.25) is 4.79 Å². The van der Waals surface area contributed by atoms with E-state index in [0.29, 0.717) is 33.1 Å². The summed E-state index contributed by atoms with van der Waals surface area (Å²) in [6.07, 6.45) is 0. The van der Waals surface area contributed by atoms with Crippen LogP contribution < -0.4 is 10.1 Å². The van der Waals surface area contributed by atoms with Crippen molar-refractivity contribution in [1.82, 2.24) is 10.2 Å². The van der Waals surface area contributed by atoms with Gasteiger partial charge < -0.3 is 14.5 Å². The summed E-state index contributed by atoms with van der Waals surface area (Å²) in [6.45, 7) is 1.94. The molecular weight excluding hydrogens is 374 g/mol. The molecule has 1 amide bonds. The molecule has 0 saturated carbocycles. The Bertz CT molecular complexity index is 930. The highest BCUT2D eigenvalue weighted by molar-refractivity contribution is 7.99. The van der Waals surface area contributed by atoms with Crippen molar-refractivity contribution in [2.75, 3.05) is 18.2 Å². The number of halogens is 1. The van der Waals surface area contributed by atoms with Gasteiger partial charge in [0, 0.05) is 0 Å². The summed E-state index contributed by atoms with van der Waals surface area (Å²) >= 11 is 7.27. The van der Waals surface area contributed by atoms with Gasteiger partial charge in [-0.15, -0.1) is 10.2 Å². The van der Waals surface area contributed by atoms with Gasteiger partial charge in [-0.1, -0.05) is 41.6 Å². The predicted molar refractivity (Wildman–Crippen MR) is 102 cm³/mol. The van der Waals surface area contributed by atoms with E-state index in [-0.39, 0.29) is 11.7 Å². The number of rotatable bonds is 6. The maximum Gasteiger partial charge on any atom is 0.277 e. The zero-order chi connectivity index (χ0) is 18.5. The molecule has 26 heavy (non-hydrogen) atoms. The van der Waals surface area contributed by atoms with E-state index in [4.69, 9.17) is 20.8 Å². The van der Waals surface area contributed by atoms with Crippen molar-refractivity contribution in [2.24, 2.45) is 0 Å². The van der Waals surface area contributed by atoms with Crippen LogP contribution in [0.4, 0.5) is 5.69 Å². The lowest BCUT2D eigenvalue weighted by Crippen LogP contribution is -2.14. The Hall–Kier alpha value is -2.51. The molecule has 3 aromatic rings. The largest absolute Gasteiger partial charge is 0.495 e. The molecule has 0 fully saturated rings. The van der Waals surface area contributed by atoms with Gasteiger partial charge >= 0.3 is 0 Å². The number of carbonyl (C=O) groups excluding carboxylic acids is 1. The van der Waals surface area contributed by atoms with Gasteiger partial charge in [0.05, 0.1) is 29.1 Å². The highest BCUT2D eigenvalue weighted by Crippen LogP contribution is 2.29. The second kappa shape index (κ2) is 8.25. The first-order chi connectivity index (χ1) is 12.6. The molecule has 0 atom stereocenters. The maximum atomic E-state index is 12.2. The third-order valence-corrected chi connectivity index (χ3v) is 4.61. The molecule has 1 heterocycles. The van der Waals surface area contributed by atoms with Crippen LogP contribution in [0, 0.1) is 6.92 Å². The van der Waals surface area contributed by atoms with Crippen LogP contribution in [0.1, 0.15) is 5.56 Å². The lowest BCUT2D eigenvalue weighted by atomic mass is 10.2. The van der Waals surface area contributed by atoms with Crippen molar-refractivity contribution in [3.8, 4) is 17.2 Å². The monoisotopic (exact) mass is 389 g/mol. The van der Waals surface area contributed by atoms with Crippen LogP contribution in [0.25, 0.3) is 11.5 Å². The van der Waals surface area contributed by atoms with E-state index in [1.165, 1.54) is 0 Å². The Kier molecular flexibility index (Phi) is 5.80. The Morgan fingerprint density at radius 3 is 2.85 bits per heavy atom. The van der Waals surface area contributed by atoms with E-state index in [1.54, 1.807) is 19.2 Å². The highest BCUT2D eigenvalue weighted by atomic mass is 35.5. The molecule has 0 aliphatic heterocycles. The molecule has 6 nitrogen and oxygen atoms in total. The van der Waals surface area contributed by atoms with Crippen LogP contribution in [-0.4, -0.2) is 29.0 Å². The normalized spacial score (nSPS) is 10.6. The van der Waals surface area contributed by atoms with Crippen molar-refractivity contribution < 1.29 is 13.9 Å². The minimum Gasteiger partial charge on any atom is -0.495 e. The predicted octanol–water partition coefficient (Wildman–Crippen LogP) is 4.44. The second-order valence-electron chi connectivity index (χ2n) is 5.39. The average Bonchev–Trinajstić information content (AvgIpc) is 3.09. The summed E-state index contributed by atoms with van der Waals surface area (Å²) in [6, 6.07) is 12.8. The number of amides is 1. The Morgan fingerprint density at radius 1 is 1.27 bits per heavy atom. The van der Waals surface area contributed by atoms with E-state index in [0.717, 1.165) is 17.3 Å². The lowest BCUT2D eigenvalue weighted by Gasteiger charge is -2.10. The number of aromatic nitrogens is 2. The van der Waals surface area contributed by atoms with Gasteiger partial charge in [-0.25, -0.2) is 0 Å². The summed E-state index contributed by atoms with van der Waals surface area (Å²) in [7, 11) is 1.56. The smallest absolute Gasteiger partial charge is 0.277 e. The van der Waals surface area contributed by atoms with E-state index in [1.807, 2.05) is 37.3 Å². The number of nitrogens with zero attached hydrogens (tertiary/aromatic N) is 2. The molecule has 0 aliphatic rings. The Balaban J connectivity index is 1.62. The van der Waals surface area contributed by atoms with Crippen LogP contribution in [0.5, 0.6) is 5.75 Å². The van der Waals surface area contributed by atoms with Crippen molar-refractivity contribution in [2.45, 2.75) is 12.1 Å². The van der Waals surface area contributed by atoms with Crippen molar-refractivity contribution in [1.29, 1.82) is 0 Å². The van der Waals surface area contributed by atoms with Gasteiger partial charge in [-0.05, 0) is 36.8 Å². The van der Waals surface area contributed by atoms with Gasteiger partial charge in [0.1, 0.15) is 5.75 Å². The maximum absolute atomic E-state index is 12.2. The van der Waals surface area contributed by atoms with Crippen LogP contribution in [0.15, 0.2) is 52.1 Å². The number of benzene rings is 2. The molecule has 1 aromatic heterocycles. The molecule has 0 aliphatic carbocycles. The summed E-state index contributed by atoms with van der Waals surface area (Å²) in [5.74, 6) is 0.851. The topological polar surface area (TPSA) is 77.2 Å². The van der Waals surface area contributed by atoms with Crippen molar-refractivity contribution in [3.05, 3.63) is 53.1 Å². The summed E-state index contributed by atoms with van der Waals surface area (Å²) in [5, 5.41) is 11.6. The third kappa shape index (κ3) is 4.36. The summed E-state index contributed by atoms with van der Waals surface area (Å²) in [4.78, 5) is 12.2. The number of hydrogen-bond donors (Lipinski definition) is 1. The Labute approximate surface area is 159 Å². The van der Waals surface area contributed by atoms with Gasteiger partial charge in [0.2, 0.25) is 11.8 Å². The van der Waals surface area contributed by atoms with E-state index < -0.39 is 0 Å². The number of anilines is 1. The first kappa shape index (κ1) is 18.3. The Morgan fingerprint density at radius 2 is 2.08 bits per heavy atom. The number of ether oxygens (including phenoxy) is 1. The first-order valence-corrected chi connectivity index (χ1v) is 9.09. The quantitative estimate of drug-likeness (QED) is 0.628. The molecule has 8 heteroatoms. The van der Waals surface area contributed by atoms with Crippen LogP contribution in [0.2, 0.25) is 5.02 Å². The fourth-order valence-corrected chi connectivity index (χ4v) is 3.02. The summed E-state index contributed by atoms with van der Waals surface area (Å²) < 4.78 is 10.8. The second-order valence-corrected chi connectivity index (χ2v) is 6.73. The number of aryl methyl sites for hydroxylation is 1. The minimum absolute atomic E-state index is 0.126. The highest BCUT2D eigenvalue weighted by Gasteiger charge is 2.14. The van der Waals surface area contributed by atoms with Gasteiger partial charge in [0.25, 0.3) is 5.22 Å². The number of carbonyl (C=O) groups is 1. The minimum atomic E-state index is -0.198. The van der Waals surface area contributed by atoms with E-state index in [9.17, 15) is 4.79 Å². The average molecular weight is 390 g/mol. The van der Waals surface area contributed by atoms with Crippen molar-refractivity contribution >= 4 is 35.0 Å². The molecule has 0 radical (unpaired) electrons. The third-order valence-electron chi connectivity index (χ3n) is 3.47. The fraction of sp³-hybridized carbons (Fsp3) is 0.167. The van der Waals surface area contributed by atoms with Crippen LogP contribution >= 0.6 is 23.4 Å². The van der Waals surface area contributed by atoms with E-state index in [2.05, 4.69) is 15.5 Å². The zero-order valence-electron chi connectivity index (χ0n) is 14.2. The number of nitrogens with one attached hydrogen (secondary N) is 1. The van der Waals surface area contributed by atoms with Gasteiger partial charge in [-0.2, -0.15) is 0 Å². The SMILES string of the molecule is COc1ccc(C)cc1NC(=O)CSc1nnc(-c2ccccc2Cl)o1. The molecule has 0 bridgehead atoms. The number of methoxy groups -OCH3 is 1. The molecule has 0 saturated heterocycles. The summed E-state index contributed by atoms with van der Waals surface area (Å²) in [5.41, 5.74) is 2.30. The molecule has 2 aromatic carbocycles. The molecular formula is C18H16ClN3O3S. The molecule has 0 spiro atoms. The molecule has 134 valence electrons. The van der Waals surface area contributed by atoms with E-state index >= 15 is 0 Å². The molecule has 0 unspecified atom stereocenters. The fourth-order valence-electron chi connectivity index (χ4n) is 2.24. The number of thioether (sulfide) groups is 1.